The van der Waals surface area contributed by atoms with Gasteiger partial charge >= 0.3 is 12.1 Å². The number of amides is 1. The number of carbonyl (C=O) groups is 2. The summed E-state index contributed by atoms with van der Waals surface area (Å²) in [4.78, 5) is 33.1. The zero-order chi connectivity index (χ0) is 17.6. The lowest BCUT2D eigenvalue weighted by Crippen LogP contribution is -2.43. The van der Waals surface area contributed by atoms with E-state index in [1.807, 2.05) is 0 Å². The molecular weight excluding hydrogens is 304 g/mol. The third-order valence-electron chi connectivity index (χ3n) is 2.83. The van der Waals surface area contributed by atoms with Crippen LogP contribution in [-0.2, 0) is 16.0 Å². The molecule has 23 heavy (non-hydrogen) atoms. The Balaban J connectivity index is 2.67. The molecule has 0 heterocycles. The number of alkyl carbamates (subject to hydrolysis) is 1. The number of non-ortho nitro benzene ring substituents is 1. The third kappa shape index (κ3) is 6.77. The van der Waals surface area contributed by atoms with Crippen LogP contribution in [0, 0.1) is 10.1 Å². The number of carbonyl (C=O) groups excluding carboxylic acids is 1. The monoisotopic (exact) mass is 324 g/mol. The van der Waals surface area contributed by atoms with Crippen molar-refractivity contribution in [3.8, 4) is 0 Å². The Morgan fingerprint density at radius 1 is 1.39 bits per heavy atom. The number of benzene rings is 1. The molecule has 1 atom stereocenters. The summed E-state index contributed by atoms with van der Waals surface area (Å²) in [5.74, 6) is -1.19. The summed E-state index contributed by atoms with van der Waals surface area (Å²) in [6.45, 7) is 5.02. The van der Waals surface area contributed by atoms with E-state index in [1.165, 1.54) is 18.2 Å². The lowest BCUT2D eigenvalue weighted by molar-refractivity contribution is -0.384. The van der Waals surface area contributed by atoms with Crippen LogP contribution in [-0.4, -0.2) is 33.7 Å². The summed E-state index contributed by atoms with van der Waals surface area (Å²) in [6, 6.07) is 4.80. The Bertz CT molecular complexity index is 594. The minimum Gasteiger partial charge on any atom is -0.480 e. The van der Waals surface area contributed by atoms with Crippen molar-refractivity contribution in [3.05, 3.63) is 39.9 Å². The molecule has 0 saturated heterocycles. The summed E-state index contributed by atoms with van der Waals surface area (Å²) in [7, 11) is 0. The third-order valence-corrected chi connectivity index (χ3v) is 2.83. The minimum absolute atomic E-state index is 0.0607. The van der Waals surface area contributed by atoms with E-state index in [9.17, 15) is 19.7 Å². The SMILES string of the molecule is CC(C)(C)OC(=O)NC(CCc1cccc([N+](=O)[O-])c1)C(=O)O. The van der Waals surface area contributed by atoms with Crippen molar-refractivity contribution in [1.82, 2.24) is 5.32 Å². The van der Waals surface area contributed by atoms with Crippen molar-refractivity contribution in [2.75, 3.05) is 0 Å². The number of hydrogen-bond donors (Lipinski definition) is 2. The molecule has 1 rings (SSSR count). The fourth-order valence-electron chi connectivity index (χ4n) is 1.84. The summed E-state index contributed by atoms with van der Waals surface area (Å²) >= 11 is 0. The van der Waals surface area contributed by atoms with Crippen molar-refractivity contribution in [2.45, 2.75) is 45.3 Å². The molecule has 0 saturated carbocycles. The maximum atomic E-state index is 11.6. The van der Waals surface area contributed by atoms with E-state index in [2.05, 4.69) is 5.32 Å². The van der Waals surface area contributed by atoms with Gasteiger partial charge in [0.1, 0.15) is 11.6 Å². The average molecular weight is 324 g/mol. The normalized spacial score (nSPS) is 12.3. The van der Waals surface area contributed by atoms with Gasteiger partial charge in [0, 0.05) is 12.1 Å². The first-order valence-corrected chi connectivity index (χ1v) is 7.04. The number of ether oxygens (including phenoxy) is 1. The van der Waals surface area contributed by atoms with Crippen LogP contribution in [0.15, 0.2) is 24.3 Å². The van der Waals surface area contributed by atoms with Gasteiger partial charge in [0.2, 0.25) is 0 Å². The van der Waals surface area contributed by atoms with E-state index < -0.39 is 28.6 Å². The van der Waals surface area contributed by atoms with E-state index in [1.54, 1.807) is 26.8 Å². The molecular formula is C15H20N2O6. The van der Waals surface area contributed by atoms with E-state index in [-0.39, 0.29) is 18.5 Å². The Labute approximate surface area is 133 Å². The Hall–Kier alpha value is -2.64. The number of carboxylic acid groups (broad SMARTS) is 1. The first-order valence-electron chi connectivity index (χ1n) is 7.04. The van der Waals surface area contributed by atoms with Crippen LogP contribution in [0.4, 0.5) is 10.5 Å². The first kappa shape index (κ1) is 18.4. The van der Waals surface area contributed by atoms with Crippen LogP contribution in [0.2, 0.25) is 0 Å². The number of nitro benzene ring substituents is 1. The molecule has 0 aromatic heterocycles. The Morgan fingerprint density at radius 3 is 2.57 bits per heavy atom. The van der Waals surface area contributed by atoms with E-state index in [0.717, 1.165) is 0 Å². The number of nitrogens with zero attached hydrogens (tertiary/aromatic N) is 1. The second-order valence-electron chi connectivity index (χ2n) is 6.00. The predicted octanol–water partition coefficient (Wildman–Crippen LogP) is 2.51. The van der Waals surface area contributed by atoms with Crippen molar-refractivity contribution >= 4 is 17.7 Å². The number of carboxylic acids is 1. The second kappa shape index (κ2) is 7.57. The van der Waals surface area contributed by atoms with E-state index >= 15 is 0 Å². The van der Waals surface area contributed by atoms with Gasteiger partial charge in [-0.2, -0.15) is 0 Å². The quantitative estimate of drug-likeness (QED) is 0.613. The maximum absolute atomic E-state index is 11.6. The molecule has 0 aliphatic rings. The Kier molecular flexibility index (Phi) is 6.06. The first-order chi connectivity index (χ1) is 10.6. The van der Waals surface area contributed by atoms with Gasteiger partial charge in [-0.05, 0) is 39.2 Å². The van der Waals surface area contributed by atoms with Crippen molar-refractivity contribution < 1.29 is 24.4 Å². The average Bonchev–Trinajstić information content (AvgIpc) is 2.41. The molecule has 0 aliphatic carbocycles. The number of aliphatic carboxylic acids is 1. The summed E-state index contributed by atoms with van der Waals surface area (Å²) in [5.41, 5.74) is -0.168. The van der Waals surface area contributed by atoms with Gasteiger partial charge in [-0.25, -0.2) is 9.59 Å². The van der Waals surface area contributed by atoms with Gasteiger partial charge in [-0.1, -0.05) is 12.1 Å². The van der Waals surface area contributed by atoms with Crippen molar-refractivity contribution in [3.63, 3.8) is 0 Å². The highest BCUT2D eigenvalue weighted by atomic mass is 16.6. The van der Waals surface area contributed by atoms with Gasteiger partial charge in [0.15, 0.2) is 0 Å². The zero-order valence-corrected chi connectivity index (χ0v) is 13.2. The van der Waals surface area contributed by atoms with E-state index in [4.69, 9.17) is 9.84 Å². The lowest BCUT2D eigenvalue weighted by atomic mass is 10.0. The highest BCUT2D eigenvalue weighted by Crippen LogP contribution is 2.15. The highest BCUT2D eigenvalue weighted by molar-refractivity contribution is 5.80. The van der Waals surface area contributed by atoms with Gasteiger partial charge in [0.05, 0.1) is 4.92 Å². The molecule has 0 fully saturated rings. The van der Waals surface area contributed by atoms with Gasteiger partial charge in [-0.15, -0.1) is 0 Å². The summed E-state index contributed by atoms with van der Waals surface area (Å²) < 4.78 is 5.02. The molecule has 126 valence electrons. The maximum Gasteiger partial charge on any atom is 0.408 e. The molecule has 8 nitrogen and oxygen atoms in total. The molecule has 8 heteroatoms. The van der Waals surface area contributed by atoms with Crippen LogP contribution in [0.5, 0.6) is 0 Å². The molecule has 1 amide bonds. The molecule has 1 aromatic rings. The largest absolute Gasteiger partial charge is 0.480 e. The molecule has 0 bridgehead atoms. The standard InChI is InChI=1S/C15H20N2O6/c1-15(2,3)23-14(20)16-12(13(18)19)8-7-10-5-4-6-11(9-10)17(21)22/h4-6,9,12H,7-8H2,1-3H3,(H,16,20)(H,18,19). The summed E-state index contributed by atoms with van der Waals surface area (Å²) in [5, 5.41) is 22.2. The molecule has 0 aliphatic heterocycles. The second-order valence-corrected chi connectivity index (χ2v) is 6.00. The lowest BCUT2D eigenvalue weighted by Gasteiger charge is -2.22. The number of nitrogens with one attached hydrogen (secondary N) is 1. The van der Waals surface area contributed by atoms with Crippen molar-refractivity contribution in [1.29, 1.82) is 0 Å². The molecule has 2 N–H and O–H groups in total. The molecule has 0 spiro atoms. The van der Waals surface area contributed by atoms with Crippen LogP contribution < -0.4 is 5.32 Å². The molecule has 1 unspecified atom stereocenters. The van der Waals surface area contributed by atoms with Crippen LogP contribution in [0.1, 0.15) is 32.8 Å². The predicted molar refractivity (Wildman–Crippen MR) is 82.2 cm³/mol. The molecule has 1 aromatic carbocycles. The zero-order valence-electron chi connectivity index (χ0n) is 13.2. The molecule has 0 radical (unpaired) electrons. The van der Waals surface area contributed by atoms with E-state index in [0.29, 0.717) is 5.56 Å². The Morgan fingerprint density at radius 2 is 2.04 bits per heavy atom. The number of aryl methyl sites for hydroxylation is 1. The van der Waals surface area contributed by atoms with Gasteiger partial charge in [0.25, 0.3) is 5.69 Å². The van der Waals surface area contributed by atoms with Crippen LogP contribution >= 0.6 is 0 Å². The van der Waals surface area contributed by atoms with Crippen LogP contribution in [0.25, 0.3) is 0 Å². The van der Waals surface area contributed by atoms with Crippen molar-refractivity contribution in [2.24, 2.45) is 0 Å². The fourth-order valence-corrected chi connectivity index (χ4v) is 1.84. The topological polar surface area (TPSA) is 119 Å². The number of rotatable bonds is 6. The van der Waals surface area contributed by atoms with Gasteiger partial charge in [-0.3, -0.25) is 10.1 Å². The number of nitro groups is 1. The van der Waals surface area contributed by atoms with Crippen LogP contribution in [0.3, 0.4) is 0 Å². The highest BCUT2D eigenvalue weighted by Gasteiger charge is 2.23. The smallest absolute Gasteiger partial charge is 0.408 e. The minimum atomic E-state index is -1.19. The summed E-state index contributed by atoms with van der Waals surface area (Å²) in [6.07, 6.45) is -0.451. The van der Waals surface area contributed by atoms with Gasteiger partial charge < -0.3 is 15.2 Å². The fraction of sp³-hybridized carbons (Fsp3) is 0.467. The number of hydrogen-bond acceptors (Lipinski definition) is 5.